The molecule has 1 aromatic carbocycles. The quantitative estimate of drug-likeness (QED) is 0.210. The number of benzene rings is 1. The highest BCUT2D eigenvalue weighted by atomic mass is 16.6. The van der Waals surface area contributed by atoms with Gasteiger partial charge in [0.1, 0.15) is 34.8 Å². The highest BCUT2D eigenvalue weighted by molar-refractivity contribution is 5.88. The van der Waals surface area contributed by atoms with E-state index in [2.05, 4.69) is 30.2 Å². The van der Waals surface area contributed by atoms with Crippen molar-refractivity contribution in [3.8, 4) is 11.5 Å². The molecule has 1 atom stereocenters. The van der Waals surface area contributed by atoms with Crippen molar-refractivity contribution in [1.29, 1.82) is 0 Å². The first kappa shape index (κ1) is 29.1. The molecular formula is C32H37N9O3. The van der Waals surface area contributed by atoms with Crippen LogP contribution in [0.1, 0.15) is 39.2 Å². The van der Waals surface area contributed by atoms with Gasteiger partial charge in [0.2, 0.25) is 0 Å². The summed E-state index contributed by atoms with van der Waals surface area (Å²) in [5, 5.41) is 3.42. The number of nitrogens with zero attached hydrogens (tertiary/aromatic N) is 7. The Hall–Kier alpha value is -5.00. The average Bonchev–Trinajstić information content (AvgIpc) is 3.61. The Labute approximate surface area is 256 Å². The standard InChI is InChI=1S/C32H37N9O3/c1-21-15-22(5-7-25(21)43-23-9-12-34-26(16-23)35-19-33)38-29-28-24(36-20-37-29)6-8-27(39-28)40-13-10-32(17-40)11-14-41(18-32)30(42)44-31(2,3)4/h5-9,12,15-16,19-20H,10-11,13-14,17-18H2,1-4H3,(H2,33,34,35)(H,36,37,38). The number of carbonyl (C=O) groups is 1. The second-order valence-electron chi connectivity index (χ2n) is 12.4. The number of nitrogens with one attached hydrogen (secondary N) is 1. The molecule has 0 saturated carbocycles. The first-order valence-electron chi connectivity index (χ1n) is 14.7. The second-order valence-corrected chi connectivity index (χ2v) is 12.4. The van der Waals surface area contributed by atoms with Gasteiger partial charge in [0, 0.05) is 49.5 Å². The Morgan fingerprint density at radius 3 is 2.70 bits per heavy atom. The molecule has 12 heteroatoms. The van der Waals surface area contributed by atoms with Crippen molar-refractivity contribution in [1.82, 2.24) is 24.8 Å². The summed E-state index contributed by atoms with van der Waals surface area (Å²) >= 11 is 0. The molecule has 1 spiro atoms. The Kier molecular flexibility index (Phi) is 7.66. The zero-order valence-electron chi connectivity index (χ0n) is 25.4. The van der Waals surface area contributed by atoms with Crippen LogP contribution in [-0.4, -0.2) is 69.0 Å². The summed E-state index contributed by atoms with van der Waals surface area (Å²) in [5.41, 5.74) is 8.14. The fourth-order valence-corrected chi connectivity index (χ4v) is 5.79. The van der Waals surface area contributed by atoms with Gasteiger partial charge in [-0.15, -0.1) is 0 Å². The van der Waals surface area contributed by atoms with Crippen LogP contribution in [0.3, 0.4) is 0 Å². The minimum absolute atomic E-state index is 0.0403. The molecule has 1 unspecified atom stereocenters. The van der Waals surface area contributed by atoms with Crippen LogP contribution < -0.4 is 20.7 Å². The van der Waals surface area contributed by atoms with E-state index in [9.17, 15) is 4.79 Å². The maximum Gasteiger partial charge on any atom is 0.410 e. The molecule has 5 heterocycles. The zero-order valence-corrected chi connectivity index (χ0v) is 25.4. The molecule has 1 amide bonds. The lowest BCUT2D eigenvalue weighted by Gasteiger charge is -2.27. The number of ether oxygens (including phenoxy) is 2. The van der Waals surface area contributed by atoms with Crippen molar-refractivity contribution in [2.24, 2.45) is 16.1 Å². The molecule has 3 aromatic heterocycles. The SMILES string of the molecule is Cc1cc(Nc2ncnc3ccc(N4CCC5(CCN(C(=O)OC(C)(C)C)C5)C4)nc23)ccc1Oc1ccnc(N=CN)c1. The summed E-state index contributed by atoms with van der Waals surface area (Å²) in [4.78, 5) is 39.0. The van der Waals surface area contributed by atoms with Crippen LogP contribution in [0.5, 0.6) is 11.5 Å². The molecule has 0 radical (unpaired) electrons. The molecule has 2 aliphatic heterocycles. The Balaban J connectivity index is 1.16. The minimum Gasteiger partial charge on any atom is -0.457 e. The molecular weight excluding hydrogens is 558 g/mol. The molecule has 4 aromatic rings. The van der Waals surface area contributed by atoms with Crippen molar-refractivity contribution >= 4 is 46.6 Å². The number of nitrogens with two attached hydrogens (primary N) is 1. The lowest BCUT2D eigenvalue weighted by molar-refractivity contribution is 0.0276. The van der Waals surface area contributed by atoms with Gasteiger partial charge >= 0.3 is 6.09 Å². The number of rotatable bonds is 6. The fraction of sp³-hybridized carbons (Fsp3) is 0.375. The van der Waals surface area contributed by atoms with Gasteiger partial charge in [0.15, 0.2) is 11.6 Å². The molecule has 2 fully saturated rings. The summed E-state index contributed by atoms with van der Waals surface area (Å²) in [6, 6.07) is 13.3. The van der Waals surface area contributed by atoms with Crippen LogP contribution in [0, 0.1) is 12.3 Å². The Bertz CT molecular complexity index is 1720. The van der Waals surface area contributed by atoms with Crippen LogP contribution in [0.2, 0.25) is 0 Å². The summed E-state index contributed by atoms with van der Waals surface area (Å²) in [6.07, 6.45) is 6.08. The monoisotopic (exact) mass is 595 g/mol. The molecule has 2 aliphatic rings. The highest BCUT2D eigenvalue weighted by Crippen LogP contribution is 2.41. The number of aryl methyl sites for hydroxylation is 1. The third kappa shape index (κ3) is 6.34. The summed E-state index contributed by atoms with van der Waals surface area (Å²) < 4.78 is 11.7. The van der Waals surface area contributed by atoms with Gasteiger partial charge in [0.05, 0.1) is 11.9 Å². The number of amides is 1. The molecule has 44 heavy (non-hydrogen) atoms. The van der Waals surface area contributed by atoms with Gasteiger partial charge < -0.3 is 30.3 Å². The van der Waals surface area contributed by atoms with Crippen molar-refractivity contribution in [3.63, 3.8) is 0 Å². The molecule has 2 saturated heterocycles. The van der Waals surface area contributed by atoms with Gasteiger partial charge in [-0.2, -0.15) is 0 Å². The number of aliphatic imine (C=N–C) groups is 1. The number of fused-ring (bicyclic) bond motifs is 1. The van der Waals surface area contributed by atoms with Crippen molar-refractivity contribution in [2.45, 2.75) is 46.1 Å². The number of anilines is 3. The van der Waals surface area contributed by atoms with Gasteiger partial charge in [-0.1, -0.05) is 0 Å². The molecule has 6 rings (SSSR count). The number of hydrogen-bond acceptors (Lipinski definition) is 10. The maximum absolute atomic E-state index is 12.7. The number of pyridine rings is 2. The molecule has 0 bridgehead atoms. The van der Waals surface area contributed by atoms with E-state index < -0.39 is 5.60 Å². The van der Waals surface area contributed by atoms with Crippen LogP contribution in [-0.2, 0) is 4.74 Å². The summed E-state index contributed by atoms with van der Waals surface area (Å²) in [7, 11) is 0. The lowest BCUT2D eigenvalue weighted by atomic mass is 9.86. The molecule has 0 aliphatic carbocycles. The van der Waals surface area contributed by atoms with E-state index in [1.165, 1.54) is 12.7 Å². The normalized spacial score (nSPS) is 18.5. The van der Waals surface area contributed by atoms with E-state index in [0.717, 1.165) is 48.5 Å². The minimum atomic E-state index is -0.503. The van der Waals surface area contributed by atoms with E-state index in [1.54, 1.807) is 18.3 Å². The number of likely N-dealkylation sites (tertiary alicyclic amines) is 1. The first-order chi connectivity index (χ1) is 21.1. The summed E-state index contributed by atoms with van der Waals surface area (Å²) in [6.45, 7) is 10.8. The predicted octanol–water partition coefficient (Wildman–Crippen LogP) is 5.72. The second kappa shape index (κ2) is 11.6. The van der Waals surface area contributed by atoms with Crippen molar-refractivity contribution < 1.29 is 14.3 Å². The smallest absolute Gasteiger partial charge is 0.410 e. The van der Waals surface area contributed by atoms with Crippen LogP contribution in [0.15, 0.2) is 60.0 Å². The van der Waals surface area contributed by atoms with Crippen molar-refractivity contribution in [2.75, 3.05) is 36.4 Å². The average molecular weight is 596 g/mol. The Morgan fingerprint density at radius 1 is 1.07 bits per heavy atom. The van der Waals surface area contributed by atoms with E-state index in [0.29, 0.717) is 41.7 Å². The lowest BCUT2D eigenvalue weighted by Crippen LogP contribution is -2.37. The van der Waals surface area contributed by atoms with Crippen LogP contribution >= 0.6 is 0 Å². The number of hydrogen-bond donors (Lipinski definition) is 2. The van der Waals surface area contributed by atoms with Crippen LogP contribution in [0.4, 0.5) is 27.9 Å². The van der Waals surface area contributed by atoms with Gasteiger partial charge in [-0.05, 0) is 82.5 Å². The van der Waals surface area contributed by atoms with Gasteiger partial charge in [-0.3, -0.25) is 0 Å². The van der Waals surface area contributed by atoms with Crippen LogP contribution in [0.25, 0.3) is 11.0 Å². The fourth-order valence-electron chi connectivity index (χ4n) is 5.79. The highest BCUT2D eigenvalue weighted by Gasteiger charge is 2.46. The van der Waals surface area contributed by atoms with E-state index in [-0.39, 0.29) is 11.5 Å². The van der Waals surface area contributed by atoms with E-state index >= 15 is 0 Å². The molecule has 12 nitrogen and oxygen atoms in total. The Morgan fingerprint density at radius 2 is 1.91 bits per heavy atom. The zero-order chi connectivity index (χ0) is 30.9. The first-order valence-corrected chi connectivity index (χ1v) is 14.7. The molecule has 228 valence electrons. The largest absolute Gasteiger partial charge is 0.457 e. The van der Waals surface area contributed by atoms with E-state index in [1.807, 2.05) is 62.9 Å². The summed E-state index contributed by atoms with van der Waals surface area (Å²) in [5.74, 6) is 3.28. The predicted molar refractivity (Wildman–Crippen MR) is 170 cm³/mol. The van der Waals surface area contributed by atoms with Crippen molar-refractivity contribution in [3.05, 3.63) is 60.6 Å². The number of aromatic nitrogens is 4. The maximum atomic E-state index is 12.7. The van der Waals surface area contributed by atoms with E-state index in [4.69, 9.17) is 20.2 Å². The topological polar surface area (TPSA) is 144 Å². The number of carbonyl (C=O) groups excluding carboxylic acids is 1. The molecule has 3 N–H and O–H groups in total. The third-order valence-electron chi connectivity index (χ3n) is 7.91. The van der Waals surface area contributed by atoms with Gasteiger partial charge in [0.25, 0.3) is 0 Å². The third-order valence-corrected chi connectivity index (χ3v) is 7.91. The van der Waals surface area contributed by atoms with Gasteiger partial charge in [-0.25, -0.2) is 29.7 Å².